The molecule has 0 saturated carbocycles. The number of carbonyl (C=O) groups excluding carboxylic acids is 1. The first-order valence-electron chi connectivity index (χ1n) is 9.58. The molecule has 0 aliphatic heterocycles. The van der Waals surface area contributed by atoms with Crippen molar-refractivity contribution in [1.29, 1.82) is 0 Å². The van der Waals surface area contributed by atoms with Crippen molar-refractivity contribution in [2.45, 2.75) is 45.4 Å². The second-order valence-corrected chi connectivity index (χ2v) is 6.82. The fraction of sp³-hybridized carbons (Fsp3) is 0.318. The predicted molar refractivity (Wildman–Crippen MR) is 118 cm³/mol. The summed E-state index contributed by atoms with van der Waals surface area (Å²) in [7, 11) is 0. The number of nitrogens with one attached hydrogen (secondary N) is 1. The van der Waals surface area contributed by atoms with E-state index in [2.05, 4.69) is 22.2 Å². The number of unbranched alkanes of at least 4 members (excludes halogenated alkanes) is 4. The van der Waals surface area contributed by atoms with Gasteiger partial charge in [0.15, 0.2) is 0 Å². The minimum absolute atomic E-state index is 0. The van der Waals surface area contributed by atoms with Crippen molar-refractivity contribution in [1.82, 2.24) is 9.97 Å². The number of halogens is 1. The van der Waals surface area contributed by atoms with Crippen molar-refractivity contribution in [2.75, 3.05) is 11.1 Å². The van der Waals surface area contributed by atoms with Crippen LogP contribution in [0.4, 0.5) is 11.6 Å². The lowest BCUT2D eigenvalue weighted by Gasteiger charge is -2.08. The van der Waals surface area contributed by atoms with Gasteiger partial charge in [-0.25, -0.2) is 9.97 Å². The number of benzene rings is 2. The van der Waals surface area contributed by atoms with Gasteiger partial charge < -0.3 is 11.1 Å². The maximum absolute atomic E-state index is 12.5. The summed E-state index contributed by atoms with van der Waals surface area (Å²) >= 11 is 0. The molecule has 1 aromatic heterocycles. The van der Waals surface area contributed by atoms with Gasteiger partial charge in [-0.05, 0) is 48.7 Å². The Bertz CT molecular complexity index is 912. The van der Waals surface area contributed by atoms with Crippen molar-refractivity contribution < 1.29 is 4.79 Å². The molecule has 0 radical (unpaired) electrons. The second-order valence-electron chi connectivity index (χ2n) is 6.82. The lowest BCUT2D eigenvalue weighted by Crippen LogP contribution is -2.11. The summed E-state index contributed by atoms with van der Waals surface area (Å²) in [5, 5.41) is 3.76. The number of aryl methyl sites for hydroxylation is 1. The number of carbonyl (C=O) groups is 1. The second kappa shape index (κ2) is 10.6. The van der Waals surface area contributed by atoms with E-state index in [0.29, 0.717) is 11.3 Å². The number of amides is 1. The summed E-state index contributed by atoms with van der Waals surface area (Å²) in [5.74, 6) is 0.116. The molecule has 6 heteroatoms. The van der Waals surface area contributed by atoms with Crippen LogP contribution >= 0.6 is 12.4 Å². The highest BCUT2D eigenvalue weighted by Crippen LogP contribution is 2.18. The molecular weight excluding hydrogens is 372 g/mol. The first kappa shape index (κ1) is 21.6. The number of nitrogens with two attached hydrogens (primary N) is 1. The van der Waals surface area contributed by atoms with Crippen LogP contribution in [0, 0.1) is 0 Å². The van der Waals surface area contributed by atoms with Gasteiger partial charge in [0.25, 0.3) is 5.91 Å². The molecule has 3 N–H and O–H groups in total. The minimum Gasteiger partial charge on any atom is -0.368 e. The molecule has 0 aliphatic carbocycles. The van der Waals surface area contributed by atoms with Crippen LogP contribution in [0.5, 0.6) is 0 Å². The fourth-order valence-corrected chi connectivity index (χ4v) is 3.08. The molecule has 28 heavy (non-hydrogen) atoms. The van der Waals surface area contributed by atoms with Crippen LogP contribution < -0.4 is 11.1 Å². The lowest BCUT2D eigenvalue weighted by atomic mass is 10.0. The molecule has 0 aliphatic rings. The van der Waals surface area contributed by atoms with Crippen LogP contribution in [-0.4, -0.2) is 15.9 Å². The van der Waals surface area contributed by atoms with E-state index in [4.69, 9.17) is 5.73 Å². The molecule has 0 unspecified atom stereocenters. The van der Waals surface area contributed by atoms with E-state index in [-0.39, 0.29) is 24.3 Å². The number of hydrogen-bond donors (Lipinski definition) is 2. The average molecular weight is 399 g/mol. The average Bonchev–Trinajstić information content (AvgIpc) is 2.68. The number of hydrogen-bond acceptors (Lipinski definition) is 4. The van der Waals surface area contributed by atoms with Gasteiger partial charge in [-0.2, -0.15) is 0 Å². The van der Waals surface area contributed by atoms with Gasteiger partial charge in [-0.1, -0.05) is 44.7 Å². The van der Waals surface area contributed by atoms with E-state index >= 15 is 0 Å². The summed E-state index contributed by atoms with van der Waals surface area (Å²) in [6.45, 7) is 2.23. The number of nitrogens with zero attached hydrogens (tertiary/aromatic N) is 2. The van der Waals surface area contributed by atoms with Gasteiger partial charge in [0.05, 0.1) is 5.52 Å². The Hall–Kier alpha value is -2.66. The van der Waals surface area contributed by atoms with Crippen LogP contribution in [0.2, 0.25) is 0 Å². The highest BCUT2D eigenvalue weighted by Gasteiger charge is 2.07. The normalized spacial score (nSPS) is 10.5. The zero-order valence-electron chi connectivity index (χ0n) is 16.1. The Morgan fingerprint density at radius 3 is 2.54 bits per heavy atom. The summed E-state index contributed by atoms with van der Waals surface area (Å²) in [4.78, 5) is 20.6. The first-order chi connectivity index (χ1) is 13.2. The van der Waals surface area contributed by atoms with Gasteiger partial charge in [0.1, 0.15) is 0 Å². The number of nitrogen functional groups attached to an aromatic ring is 1. The summed E-state index contributed by atoms with van der Waals surface area (Å²) in [5.41, 5.74) is 8.99. The van der Waals surface area contributed by atoms with Gasteiger partial charge >= 0.3 is 0 Å². The third-order valence-electron chi connectivity index (χ3n) is 4.64. The number of anilines is 2. The van der Waals surface area contributed by atoms with E-state index < -0.39 is 0 Å². The smallest absolute Gasteiger partial charge is 0.255 e. The van der Waals surface area contributed by atoms with Crippen LogP contribution in [0.3, 0.4) is 0 Å². The number of aromatic nitrogens is 2. The Morgan fingerprint density at radius 1 is 1.04 bits per heavy atom. The quantitative estimate of drug-likeness (QED) is 0.498. The maximum atomic E-state index is 12.5. The van der Waals surface area contributed by atoms with Gasteiger partial charge in [0.2, 0.25) is 5.95 Å². The summed E-state index contributed by atoms with van der Waals surface area (Å²) in [6, 6.07) is 13.4. The molecule has 0 atom stereocenters. The molecule has 1 heterocycles. The molecule has 3 aromatic rings. The van der Waals surface area contributed by atoms with Crippen molar-refractivity contribution >= 4 is 40.9 Å². The first-order valence-corrected chi connectivity index (χ1v) is 9.58. The maximum Gasteiger partial charge on any atom is 0.255 e. The zero-order chi connectivity index (χ0) is 19.1. The monoisotopic (exact) mass is 398 g/mol. The van der Waals surface area contributed by atoms with Crippen LogP contribution in [-0.2, 0) is 6.42 Å². The van der Waals surface area contributed by atoms with Crippen LogP contribution in [0.15, 0.2) is 48.7 Å². The van der Waals surface area contributed by atoms with E-state index in [1.807, 2.05) is 42.5 Å². The third kappa shape index (κ3) is 5.92. The number of fused-ring (bicyclic) bond motifs is 1. The van der Waals surface area contributed by atoms with Gasteiger partial charge in [-0.3, -0.25) is 4.79 Å². The molecule has 5 nitrogen and oxygen atoms in total. The SMILES string of the molecule is CCCCCCCc1ccc(C(=O)Nc2ccc3nc(N)ncc3c2)cc1.Cl. The Labute approximate surface area is 172 Å². The molecule has 0 fully saturated rings. The van der Waals surface area contributed by atoms with E-state index in [9.17, 15) is 4.79 Å². The van der Waals surface area contributed by atoms with Crippen molar-refractivity contribution in [3.8, 4) is 0 Å². The van der Waals surface area contributed by atoms with E-state index in [0.717, 1.165) is 17.3 Å². The standard InChI is InChI=1S/C22H26N4O.ClH/c1-2-3-4-5-6-7-16-8-10-17(11-9-16)21(27)25-19-12-13-20-18(14-19)15-24-22(23)26-20;/h8-15H,2-7H2,1H3,(H,25,27)(H2,23,24,26);1H. The topological polar surface area (TPSA) is 80.9 Å². The highest BCUT2D eigenvalue weighted by atomic mass is 35.5. The van der Waals surface area contributed by atoms with Gasteiger partial charge in [-0.15, -0.1) is 12.4 Å². The lowest BCUT2D eigenvalue weighted by molar-refractivity contribution is 0.102. The molecule has 3 rings (SSSR count). The van der Waals surface area contributed by atoms with Crippen LogP contribution in [0.1, 0.15) is 54.9 Å². The van der Waals surface area contributed by atoms with Crippen molar-refractivity contribution in [2.24, 2.45) is 0 Å². The molecule has 0 saturated heterocycles. The molecule has 1 amide bonds. The molecule has 0 spiro atoms. The summed E-state index contributed by atoms with van der Waals surface area (Å²) < 4.78 is 0. The number of rotatable bonds is 8. The Morgan fingerprint density at radius 2 is 1.79 bits per heavy atom. The highest BCUT2D eigenvalue weighted by molar-refractivity contribution is 6.05. The van der Waals surface area contributed by atoms with Crippen molar-refractivity contribution in [3.63, 3.8) is 0 Å². The molecule has 148 valence electrons. The zero-order valence-corrected chi connectivity index (χ0v) is 17.0. The minimum atomic E-state index is -0.125. The predicted octanol–water partition coefficient (Wildman–Crippen LogP) is 5.40. The van der Waals surface area contributed by atoms with Crippen LogP contribution in [0.25, 0.3) is 10.9 Å². The largest absolute Gasteiger partial charge is 0.368 e. The fourth-order valence-electron chi connectivity index (χ4n) is 3.08. The molecule has 2 aromatic carbocycles. The van der Waals surface area contributed by atoms with Crippen molar-refractivity contribution in [3.05, 3.63) is 59.8 Å². The molecule has 0 bridgehead atoms. The third-order valence-corrected chi connectivity index (χ3v) is 4.64. The molecular formula is C22H27ClN4O. The summed E-state index contributed by atoms with van der Waals surface area (Å²) in [6.07, 6.45) is 9.08. The Balaban J connectivity index is 0.00000280. The Kier molecular flexibility index (Phi) is 8.20. The van der Waals surface area contributed by atoms with E-state index in [1.54, 1.807) is 6.20 Å². The van der Waals surface area contributed by atoms with E-state index in [1.165, 1.54) is 37.7 Å². The van der Waals surface area contributed by atoms with Gasteiger partial charge in [0, 0.05) is 22.8 Å².